The molecule has 1 aliphatic rings. The Morgan fingerprint density at radius 3 is 2.72 bits per heavy atom. The van der Waals surface area contributed by atoms with E-state index in [0.717, 1.165) is 27.0 Å². The third-order valence-electron chi connectivity index (χ3n) is 5.85. The van der Waals surface area contributed by atoms with Gasteiger partial charge in [0.05, 0.1) is 52.4 Å². The second kappa shape index (κ2) is 9.32. The van der Waals surface area contributed by atoms with Gasteiger partial charge in [0.15, 0.2) is 11.6 Å². The first-order valence-corrected chi connectivity index (χ1v) is 12.1. The number of amides is 2. The van der Waals surface area contributed by atoms with E-state index in [4.69, 9.17) is 14.7 Å². The number of rotatable bonds is 3. The Hall–Kier alpha value is -4.42. The molecule has 0 aliphatic carbocycles. The maximum absolute atomic E-state index is 12.9. The lowest BCUT2D eigenvalue weighted by atomic mass is 10.1. The van der Waals surface area contributed by atoms with Crippen molar-refractivity contribution in [2.24, 2.45) is 0 Å². The number of ether oxygens (including phenoxy) is 1. The molecule has 180 valence electrons. The van der Waals surface area contributed by atoms with Gasteiger partial charge in [-0.15, -0.1) is 16.8 Å². The fourth-order valence-corrected chi connectivity index (χ4v) is 5.08. The minimum atomic E-state index is -0.477. The van der Waals surface area contributed by atoms with Gasteiger partial charge >= 0.3 is 6.03 Å². The van der Waals surface area contributed by atoms with Crippen molar-refractivity contribution in [1.29, 1.82) is 0 Å². The Morgan fingerprint density at radius 1 is 1.06 bits per heavy atom. The van der Waals surface area contributed by atoms with Crippen molar-refractivity contribution in [3.63, 3.8) is 0 Å². The molecule has 36 heavy (non-hydrogen) atoms. The molecule has 6 rings (SSSR count). The van der Waals surface area contributed by atoms with E-state index in [9.17, 15) is 9.59 Å². The van der Waals surface area contributed by atoms with Crippen LogP contribution in [0, 0.1) is 0 Å². The number of hydrogen-bond donors (Lipinski definition) is 3. The normalized spacial score (nSPS) is 13.7. The molecule has 0 spiro atoms. The Morgan fingerprint density at radius 2 is 1.89 bits per heavy atom. The molecular formula is C24H21N8O3S+. The van der Waals surface area contributed by atoms with Crippen LogP contribution < -0.4 is 20.3 Å². The highest BCUT2D eigenvalue weighted by Crippen LogP contribution is 2.35. The van der Waals surface area contributed by atoms with Crippen LogP contribution in [0.15, 0.2) is 61.1 Å². The van der Waals surface area contributed by atoms with Crippen molar-refractivity contribution < 1.29 is 18.9 Å². The lowest BCUT2D eigenvalue weighted by Gasteiger charge is -2.28. The number of carbonyl (C=O) groups excluding carboxylic acids is 2. The number of morpholine rings is 1. The number of anilines is 1. The Kier molecular flexibility index (Phi) is 5.71. The molecule has 1 saturated heterocycles. The van der Waals surface area contributed by atoms with Crippen LogP contribution in [0.1, 0.15) is 9.67 Å². The van der Waals surface area contributed by atoms with E-state index >= 15 is 0 Å². The lowest BCUT2D eigenvalue weighted by Crippen LogP contribution is -2.55. The third kappa shape index (κ3) is 4.12. The van der Waals surface area contributed by atoms with Gasteiger partial charge in [0.1, 0.15) is 0 Å². The second-order valence-electron chi connectivity index (χ2n) is 8.10. The van der Waals surface area contributed by atoms with Crippen LogP contribution in [-0.4, -0.2) is 58.4 Å². The number of nitrogens with zero attached hydrogens (tertiary/aromatic N) is 5. The summed E-state index contributed by atoms with van der Waals surface area (Å²) < 4.78 is 7.66. The van der Waals surface area contributed by atoms with Crippen molar-refractivity contribution in [3.8, 4) is 11.4 Å². The summed E-state index contributed by atoms with van der Waals surface area (Å²) in [5.41, 5.74) is 7.31. The minimum Gasteiger partial charge on any atom is -0.378 e. The number of aromatic amines is 1. The fourth-order valence-electron chi connectivity index (χ4n) is 4.07. The van der Waals surface area contributed by atoms with E-state index in [0.29, 0.717) is 42.5 Å². The van der Waals surface area contributed by atoms with E-state index in [2.05, 4.69) is 25.9 Å². The molecule has 0 saturated carbocycles. The van der Waals surface area contributed by atoms with Crippen LogP contribution in [0.5, 0.6) is 0 Å². The van der Waals surface area contributed by atoms with E-state index in [-0.39, 0.29) is 0 Å². The van der Waals surface area contributed by atoms with Gasteiger partial charge in [-0.1, -0.05) is 18.2 Å². The Bertz CT molecular complexity index is 1580. The summed E-state index contributed by atoms with van der Waals surface area (Å²) in [7, 11) is 0. The highest BCUT2D eigenvalue weighted by molar-refractivity contribution is 7.21. The Labute approximate surface area is 208 Å². The number of carbonyl (C=O) groups is 2. The van der Waals surface area contributed by atoms with Crippen LogP contribution in [0.4, 0.5) is 10.6 Å². The first-order valence-electron chi connectivity index (χ1n) is 11.3. The van der Waals surface area contributed by atoms with Gasteiger partial charge in [0.2, 0.25) is 0 Å². The maximum atomic E-state index is 12.9. The van der Waals surface area contributed by atoms with Crippen molar-refractivity contribution in [2.75, 3.05) is 31.2 Å². The number of fused-ring (bicyclic) bond motifs is 2. The van der Waals surface area contributed by atoms with Crippen molar-refractivity contribution in [2.45, 2.75) is 0 Å². The van der Waals surface area contributed by atoms with Crippen LogP contribution in [0.2, 0.25) is 0 Å². The summed E-state index contributed by atoms with van der Waals surface area (Å²) in [4.78, 5) is 37.5. The number of aromatic nitrogens is 5. The molecule has 0 unspecified atom stereocenters. The summed E-state index contributed by atoms with van der Waals surface area (Å²) in [6, 6.07) is 12.3. The van der Waals surface area contributed by atoms with E-state index in [1.54, 1.807) is 42.9 Å². The van der Waals surface area contributed by atoms with Gasteiger partial charge in [-0.2, -0.15) is 19.9 Å². The average molecular weight is 502 g/mol. The average Bonchev–Trinajstić information content (AvgIpc) is 3.59. The molecule has 0 atom stereocenters. The molecule has 2 amide bonds. The molecule has 0 radical (unpaired) electrons. The first-order chi connectivity index (χ1) is 17.7. The summed E-state index contributed by atoms with van der Waals surface area (Å²) in [6.45, 7) is 2.57. The van der Waals surface area contributed by atoms with Crippen LogP contribution in [0.3, 0.4) is 0 Å². The number of nitrogens with one attached hydrogen (secondary N) is 3. The molecule has 1 aliphatic heterocycles. The largest absolute Gasteiger partial charge is 0.519 e. The molecule has 0 bridgehead atoms. The number of thiophene rings is 1. The predicted molar refractivity (Wildman–Crippen MR) is 134 cm³/mol. The second-order valence-corrected chi connectivity index (χ2v) is 9.15. The monoisotopic (exact) mass is 501 g/mol. The Balaban J connectivity index is 1.36. The molecule has 4 aromatic heterocycles. The topological polar surface area (TPSA) is 129 Å². The molecule has 5 aromatic rings. The standard InChI is InChI=1S/C24H20N8O3S/c33-23(29-30-24(34)32-7-2-1-3-8-32)19-13-18-20(36-19)22(31-9-11-35-12-10-31)27-21(26-18)15-5-4-6-17-16(15)14-25-28-17/h1-8,13-14H,9-12H2,(H2-,25,26,27,28,29,30,33,34)/p+1. The minimum absolute atomic E-state index is 0.408. The van der Waals surface area contributed by atoms with Crippen LogP contribution >= 0.6 is 11.3 Å². The quantitative estimate of drug-likeness (QED) is 0.255. The van der Waals surface area contributed by atoms with Gasteiger partial charge in [-0.3, -0.25) is 9.89 Å². The van der Waals surface area contributed by atoms with Crippen LogP contribution in [0.25, 0.3) is 32.5 Å². The zero-order valence-corrected chi connectivity index (χ0v) is 19.8. The number of benzene rings is 1. The van der Waals surface area contributed by atoms with E-state index < -0.39 is 11.9 Å². The number of hydrogen-bond acceptors (Lipinski definition) is 8. The molecule has 12 heteroatoms. The van der Waals surface area contributed by atoms with E-state index in [1.807, 2.05) is 18.2 Å². The number of hydrazine groups is 1. The molecule has 11 nitrogen and oxygen atoms in total. The third-order valence-corrected chi connectivity index (χ3v) is 6.97. The molecule has 1 aromatic carbocycles. The van der Waals surface area contributed by atoms with Gasteiger partial charge in [0.25, 0.3) is 5.91 Å². The summed E-state index contributed by atoms with van der Waals surface area (Å²) in [6.07, 6.45) is 4.94. The van der Waals surface area contributed by atoms with Gasteiger partial charge in [-0.25, -0.2) is 9.97 Å². The highest BCUT2D eigenvalue weighted by Gasteiger charge is 2.23. The molecular weight excluding hydrogens is 480 g/mol. The predicted octanol–water partition coefficient (Wildman–Crippen LogP) is 2.26. The zero-order chi connectivity index (χ0) is 24.5. The first kappa shape index (κ1) is 22.1. The zero-order valence-electron chi connectivity index (χ0n) is 19.0. The lowest BCUT2D eigenvalue weighted by molar-refractivity contribution is -0.572. The van der Waals surface area contributed by atoms with Gasteiger partial charge < -0.3 is 9.64 Å². The van der Waals surface area contributed by atoms with Crippen molar-refractivity contribution >= 4 is 50.2 Å². The summed E-state index contributed by atoms with van der Waals surface area (Å²) in [5.74, 6) is 0.871. The fraction of sp³-hybridized carbons (Fsp3) is 0.167. The van der Waals surface area contributed by atoms with Crippen molar-refractivity contribution in [3.05, 3.63) is 65.9 Å². The van der Waals surface area contributed by atoms with Crippen LogP contribution in [-0.2, 0) is 4.74 Å². The maximum Gasteiger partial charge on any atom is 0.519 e. The smallest absolute Gasteiger partial charge is 0.378 e. The molecule has 5 heterocycles. The highest BCUT2D eigenvalue weighted by atomic mass is 32.1. The van der Waals surface area contributed by atoms with Gasteiger partial charge in [-0.05, 0) is 24.3 Å². The SMILES string of the molecule is O=C(NNC(=O)[n+]1ccccc1)c1cc2nc(-c3cccc4[nH]ncc34)nc(N3CCOCC3)c2s1. The summed E-state index contributed by atoms with van der Waals surface area (Å²) >= 11 is 1.29. The molecule has 1 fully saturated rings. The molecule has 3 N–H and O–H groups in total. The number of pyridine rings is 1. The van der Waals surface area contributed by atoms with Crippen molar-refractivity contribution in [1.82, 2.24) is 31.0 Å². The number of H-pyrrole nitrogens is 1. The summed E-state index contributed by atoms with van der Waals surface area (Å²) in [5, 5.41) is 8.05. The van der Waals surface area contributed by atoms with Gasteiger partial charge in [0, 0.05) is 24.0 Å². The van der Waals surface area contributed by atoms with E-state index in [1.165, 1.54) is 15.9 Å².